The van der Waals surface area contributed by atoms with Gasteiger partial charge in [-0.15, -0.1) is 0 Å². The summed E-state index contributed by atoms with van der Waals surface area (Å²) in [5.41, 5.74) is 3.31. The zero-order chi connectivity index (χ0) is 13.2. The Labute approximate surface area is 112 Å². The third kappa shape index (κ3) is 2.63. The van der Waals surface area contributed by atoms with Crippen molar-refractivity contribution in [2.75, 3.05) is 0 Å². The highest BCUT2D eigenvalue weighted by Crippen LogP contribution is 2.22. The summed E-state index contributed by atoms with van der Waals surface area (Å²) in [6, 6.07) is 16.3. The van der Waals surface area contributed by atoms with Crippen molar-refractivity contribution >= 4 is 11.0 Å². The number of ether oxygens (including phenoxy) is 1. The Bertz CT molecular complexity index is 710. The molecule has 0 bridgehead atoms. The Balaban J connectivity index is 1.78. The van der Waals surface area contributed by atoms with E-state index in [9.17, 15) is 0 Å². The Hall–Kier alpha value is -2.22. The van der Waals surface area contributed by atoms with Gasteiger partial charge in [0.1, 0.15) is 23.7 Å². The van der Waals surface area contributed by atoms with Gasteiger partial charge in [0.05, 0.1) is 0 Å². The van der Waals surface area contributed by atoms with Gasteiger partial charge in [0.25, 0.3) is 0 Å². The minimum Gasteiger partial charge on any atom is -0.486 e. The fraction of sp³-hybridized carbons (Fsp3) is 0.176. The van der Waals surface area contributed by atoms with Crippen LogP contribution in [-0.2, 0) is 6.61 Å². The first-order chi connectivity index (χ1) is 9.20. The van der Waals surface area contributed by atoms with E-state index in [1.807, 2.05) is 30.3 Å². The van der Waals surface area contributed by atoms with Gasteiger partial charge in [-0.05, 0) is 49.2 Å². The Kier molecular flexibility index (Phi) is 3.00. The minimum atomic E-state index is 0.456. The topological polar surface area (TPSA) is 22.4 Å². The van der Waals surface area contributed by atoms with Crippen molar-refractivity contribution in [3.05, 3.63) is 65.4 Å². The van der Waals surface area contributed by atoms with E-state index in [1.54, 1.807) is 0 Å². The Morgan fingerprint density at radius 2 is 1.79 bits per heavy atom. The molecule has 3 rings (SSSR count). The molecular weight excluding hydrogens is 236 g/mol. The van der Waals surface area contributed by atoms with E-state index in [4.69, 9.17) is 9.15 Å². The van der Waals surface area contributed by atoms with Crippen LogP contribution < -0.4 is 4.74 Å². The summed E-state index contributed by atoms with van der Waals surface area (Å²) in [6.07, 6.45) is 0. The second-order valence-corrected chi connectivity index (χ2v) is 4.86. The van der Waals surface area contributed by atoms with Gasteiger partial charge in [0, 0.05) is 5.39 Å². The number of benzene rings is 2. The van der Waals surface area contributed by atoms with Gasteiger partial charge in [-0.1, -0.05) is 24.3 Å². The van der Waals surface area contributed by atoms with Crippen LogP contribution in [0, 0.1) is 13.8 Å². The van der Waals surface area contributed by atoms with E-state index in [1.165, 1.54) is 11.1 Å². The molecule has 0 aliphatic rings. The van der Waals surface area contributed by atoms with Crippen LogP contribution in [0.1, 0.15) is 16.9 Å². The summed E-state index contributed by atoms with van der Waals surface area (Å²) in [7, 11) is 0. The largest absolute Gasteiger partial charge is 0.486 e. The standard InChI is InChI=1S/C17H16O2/c1-12-4-3-5-15(8-12)18-11-16-10-14-7-6-13(2)9-17(14)19-16/h3-10H,11H2,1-2H3. The van der Waals surface area contributed by atoms with Crippen LogP contribution in [0.15, 0.2) is 52.9 Å². The van der Waals surface area contributed by atoms with E-state index in [-0.39, 0.29) is 0 Å². The van der Waals surface area contributed by atoms with Crippen LogP contribution in [-0.4, -0.2) is 0 Å². The molecule has 0 spiro atoms. The predicted molar refractivity (Wildman–Crippen MR) is 76.5 cm³/mol. The van der Waals surface area contributed by atoms with Crippen molar-refractivity contribution in [2.45, 2.75) is 20.5 Å². The number of hydrogen-bond acceptors (Lipinski definition) is 2. The van der Waals surface area contributed by atoms with Crippen LogP contribution in [0.3, 0.4) is 0 Å². The molecule has 0 aliphatic carbocycles. The zero-order valence-corrected chi connectivity index (χ0v) is 11.1. The average molecular weight is 252 g/mol. The van der Waals surface area contributed by atoms with Crippen molar-refractivity contribution in [3.8, 4) is 5.75 Å². The van der Waals surface area contributed by atoms with Crippen molar-refractivity contribution in [1.82, 2.24) is 0 Å². The third-order valence-corrected chi connectivity index (χ3v) is 3.10. The highest BCUT2D eigenvalue weighted by atomic mass is 16.5. The number of hydrogen-bond donors (Lipinski definition) is 0. The lowest BCUT2D eigenvalue weighted by Gasteiger charge is -2.04. The minimum absolute atomic E-state index is 0.456. The Morgan fingerprint density at radius 3 is 2.63 bits per heavy atom. The first-order valence-electron chi connectivity index (χ1n) is 6.39. The lowest BCUT2D eigenvalue weighted by Crippen LogP contribution is -1.93. The van der Waals surface area contributed by atoms with E-state index >= 15 is 0 Å². The molecule has 0 aliphatic heterocycles. The molecule has 0 atom stereocenters. The van der Waals surface area contributed by atoms with Gasteiger partial charge in [0.2, 0.25) is 0 Å². The second-order valence-electron chi connectivity index (χ2n) is 4.86. The highest BCUT2D eigenvalue weighted by molar-refractivity contribution is 5.78. The fourth-order valence-electron chi connectivity index (χ4n) is 2.12. The van der Waals surface area contributed by atoms with Gasteiger partial charge in [-0.2, -0.15) is 0 Å². The molecule has 0 radical (unpaired) electrons. The van der Waals surface area contributed by atoms with Gasteiger partial charge in [-0.25, -0.2) is 0 Å². The van der Waals surface area contributed by atoms with Gasteiger partial charge in [-0.3, -0.25) is 0 Å². The number of furan rings is 1. The van der Waals surface area contributed by atoms with E-state index < -0.39 is 0 Å². The van der Waals surface area contributed by atoms with Crippen molar-refractivity contribution in [2.24, 2.45) is 0 Å². The molecule has 2 aromatic carbocycles. The maximum atomic E-state index is 5.78. The molecule has 96 valence electrons. The van der Waals surface area contributed by atoms with Crippen LogP contribution in [0.4, 0.5) is 0 Å². The normalized spacial score (nSPS) is 10.8. The molecule has 0 N–H and O–H groups in total. The van der Waals surface area contributed by atoms with Crippen molar-refractivity contribution in [3.63, 3.8) is 0 Å². The third-order valence-electron chi connectivity index (χ3n) is 3.10. The molecule has 0 unspecified atom stereocenters. The van der Waals surface area contributed by atoms with Crippen LogP contribution in [0.5, 0.6) is 5.75 Å². The van der Waals surface area contributed by atoms with E-state index in [0.29, 0.717) is 6.61 Å². The summed E-state index contributed by atoms with van der Waals surface area (Å²) in [5.74, 6) is 1.72. The summed E-state index contributed by atoms with van der Waals surface area (Å²) < 4.78 is 11.5. The predicted octanol–water partition coefficient (Wildman–Crippen LogP) is 4.63. The quantitative estimate of drug-likeness (QED) is 0.678. The molecular formula is C17H16O2. The van der Waals surface area contributed by atoms with Crippen LogP contribution in [0.2, 0.25) is 0 Å². The van der Waals surface area contributed by atoms with Crippen LogP contribution >= 0.6 is 0 Å². The molecule has 1 aromatic heterocycles. The molecule has 0 amide bonds. The average Bonchev–Trinajstić information content (AvgIpc) is 2.78. The summed E-state index contributed by atoms with van der Waals surface area (Å²) in [5, 5.41) is 1.12. The highest BCUT2D eigenvalue weighted by Gasteiger charge is 2.04. The summed E-state index contributed by atoms with van der Waals surface area (Å²) >= 11 is 0. The number of aryl methyl sites for hydroxylation is 2. The van der Waals surface area contributed by atoms with Crippen LogP contribution in [0.25, 0.3) is 11.0 Å². The van der Waals surface area contributed by atoms with Gasteiger partial charge >= 0.3 is 0 Å². The molecule has 2 heteroatoms. The molecule has 3 aromatic rings. The first kappa shape index (κ1) is 11.8. The Morgan fingerprint density at radius 1 is 0.947 bits per heavy atom. The van der Waals surface area contributed by atoms with E-state index in [0.717, 1.165) is 22.5 Å². The first-order valence-corrected chi connectivity index (χ1v) is 6.39. The molecule has 19 heavy (non-hydrogen) atoms. The molecule has 0 saturated heterocycles. The van der Waals surface area contributed by atoms with E-state index in [2.05, 4.69) is 32.0 Å². The smallest absolute Gasteiger partial charge is 0.146 e. The number of rotatable bonds is 3. The van der Waals surface area contributed by atoms with Gasteiger partial charge < -0.3 is 9.15 Å². The molecule has 2 nitrogen and oxygen atoms in total. The maximum Gasteiger partial charge on any atom is 0.146 e. The lowest BCUT2D eigenvalue weighted by molar-refractivity contribution is 0.274. The molecule has 0 fully saturated rings. The van der Waals surface area contributed by atoms with Gasteiger partial charge in [0.15, 0.2) is 0 Å². The van der Waals surface area contributed by atoms with Crippen molar-refractivity contribution < 1.29 is 9.15 Å². The fourth-order valence-corrected chi connectivity index (χ4v) is 2.12. The molecule has 1 heterocycles. The van der Waals surface area contributed by atoms with Crippen molar-refractivity contribution in [1.29, 1.82) is 0 Å². The summed E-state index contributed by atoms with van der Waals surface area (Å²) in [4.78, 5) is 0. The summed E-state index contributed by atoms with van der Waals surface area (Å²) in [6.45, 7) is 4.57. The molecule has 0 saturated carbocycles. The maximum absolute atomic E-state index is 5.78. The monoisotopic (exact) mass is 252 g/mol. The lowest BCUT2D eigenvalue weighted by atomic mass is 10.2. The SMILES string of the molecule is Cc1cccc(OCc2cc3ccc(C)cc3o2)c1. The number of fused-ring (bicyclic) bond motifs is 1. The zero-order valence-electron chi connectivity index (χ0n) is 11.1. The second kappa shape index (κ2) is 4.81.